The molecule has 0 radical (unpaired) electrons. The molecule has 1 aliphatic rings. The molecule has 1 N–H and O–H groups in total. The van der Waals surface area contributed by atoms with Crippen LogP contribution in [0.1, 0.15) is 42.4 Å². The predicted molar refractivity (Wildman–Crippen MR) is 169 cm³/mol. The van der Waals surface area contributed by atoms with E-state index in [9.17, 15) is 24.0 Å². The average Bonchev–Trinajstić information content (AvgIpc) is 3.11. The zero-order valence-electron chi connectivity index (χ0n) is 27.1. The molecule has 1 aliphatic heterocycles. The number of nitrogens with zero attached hydrogens (tertiary/aromatic N) is 1. The Labute approximate surface area is 277 Å². The number of aromatic nitrogens is 1. The van der Waals surface area contributed by atoms with Gasteiger partial charge in [0.25, 0.3) is 5.91 Å². The van der Waals surface area contributed by atoms with Crippen molar-refractivity contribution in [2.75, 3.05) is 20.3 Å². The van der Waals surface area contributed by atoms with Crippen molar-refractivity contribution in [3.05, 3.63) is 89.7 Å². The molecule has 0 bridgehead atoms. The number of nitrogens with one attached hydrogen (secondary N) is 1. The van der Waals surface area contributed by atoms with Crippen LogP contribution < -0.4 is 14.8 Å². The van der Waals surface area contributed by atoms with E-state index >= 15 is 0 Å². The molecule has 0 saturated carbocycles. The Bertz CT molecular complexity index is 1580. The van der Waals surface area contributed by atoms with Crippen LogP contribution in [-0.2, 0) is 51.2 Å². The molecule has 254 valence electrons. The third-order valence-electron chi connectivity index (χ3n) is 7.32. The SMILES string of the molecule is COc1ccnc(C(=O)NC2COC(=O)[C@H](Cc3ccccc3)C(OC(=O)C(C)C)[C@H](C)OC2=O)c1OC(=O)COCc1ccccc1. The van der Waals surface area contributed by atoms with Crippen LogP contribution in [0.2, 0.25) is 0 Å². The van der Waals surface area contributed by atoms with Crippen molar-refractivity contribution in [3.63, 3.8) is 0 Å². The first-order chi connectivity index (χ1) is 23.1. The number of pyridine rings is 1. The number of benzene rings is 2. The Kier molecular flexibility index (Phi) is 12.6. The third-order valence-corrected chi connectivity index (χ3v) is 7.32. The van der Waals surface area contributed by atoms with E-state index in [-0.39, 0.29) is 30.2 Å². The number of carbonyl (C=O) groups is 5. The fraction of sp³-hybridized carbons (Fsp3) is 0.371. The fourth-order valence-electron chi connectivity index (χ4n) is 4.80. The monoisotopic (exact) mass is 662 g/mol. The first kappa shape index (κ1) is 35.6. The quantitative estimate of drug-likeness (QED) is 0.223. The molecular formula is C35H38N2O11. The van der Waals surface area contributed by atoms with Crippen LogP contribution in [0.25, 0.3) is 0 Å². The zero-order valence-corrected chi connectivity index (χ0v) is 27.1. The first-order valence-corrected chi connectivity index (χ1v) is 15.3. The van der Waals surface area contributed by atoms with Crippen LogP contribution >= 0.6 is 0 Å². The van der Waals surface area contributed by atoms with Crippen LogP contribution in [0.4, 0.5) is 0 Å². The van der Waals surface area contributed by atoms with Crippen molar-refractivity contribution < 1.29 is 52.4 Å². The van der Waals surface area contributed by atoms with Gasteiger partial charge in [-0.15, -0.1) is 0 Å². The molecule has 3 aromatic rings. The van der Waals surface area contributed by atoms with Crippen LogP contribution in [-0.4, -0.2) is 73.3 Å². The van der Waals surface area contributed by atoms with Crippen molar-refractivity contribution in [1.29, 1.82) is 0 Å². The van der Waals surface area contributed by atoms with E-state index in [2.05, 4.69) is 10.3 Å². The number of methoxy groups -OCH3 is 1. The Morgan fingerprint density at radius 2 is 1.62 bits per heavy atom. The number of rotatable bonds is 12. The van der Waals surface area contributed by atoms with Gasteiger partial charge < -0.3 is 33.7 Å². The van der Waals surface area contributed by atoms with E-state index < -0.39 is 73.1 Å². The van der Waals surface area contributed by atoms with Crippen molar-refractivity contribution in [2.24, 2.45) is 11.8 Å². The standard InChI is InChI=1S/C35H38N2O11/c1-21(2)33(40)48-30-22(3)46-35(42)26(19-45-34(41)25(30)17-23-11-7-5-8-12-23)37-32(39)29-31(27(43-4)15-16-36-29)47-28(38)20-44-18-24-13-9-6-10-14-24/h5-16,21-22,25-26,30H,17-20H2,1-4H3,(H,37,39)/t22-,25+,26?,30?/m0/s1. The minimum absolute atomic E-state index is 0.0159. The summed E-state index contributed by atoms with van der Waals surface area (Å²) in [5, 5.41) is 2.45. The summed E-state index contributed by atoms with van der Waals surface area (Å²) in [7, 11) is 1.31. The van der Waals surface area contributed by atoms with Crippen LogP contribution in [0, 0.1) is 11.8 Å². The normalized spacial score (nSPS) is 19.5. The second-order valence-electron chi connectivity index (χ2n) is 11.3. The van der Waals surface area contributed by atoms with Crippen molar-refractivity contribution >= 4 is 29.8 Å². The second kappa shape index (κ2) is 17.0. The Hall–Kier alpha value is -5.30. The van der Waals surface area contributed by atoms with Gasteiger partial charge in [0.05, 0.1) is 19.6 Å². The van der Waals surface area contributed by atoms with Gasteiger partial charge in [0.15, 0.2) is 23.6 Å². The lowest BCUT2D eigenvalue weighted by atomic mass is 9.91. The number of amides is 1. The van der Waals surface area contributed by atoms with Crippen molar-refractivity contribution in [2.45, 2.75) is 52.0 Å². The molecule has 13 heteroatoms. The van der Waals surface area contributed by atoms with Gasteiger partial charge in [0.2, 0.25) is 5.75 Å². The van der Waals surface area contributed by atoms with Gasteiger partial charge in [-0.1, -0.05) is 74.5 Å². The Balaban J connectivity index is 1.51. The van der Waals surface area contributed by atoms with Crippen LogP contribution in [0.3, 0.4) is 0 Å². The summed E-state index contributed by atoms with van der Waals surface area (Å²) in [5.41, 5.74) is 1.23. The molecule has 1 amide bonds. The number of hydrogen-bond donors (Lipinski definition) is 1. The van der Waals surface area contributed by atoms with Crippen LogP contribution in [0.15, 0.2) is 72.9 Å². The van der Waals surface area contributed by atoms with Crippen LogP contribution in [0.5, 0.6) is 11.5 Å². The molecule has 4 atom stereocenters. The number of esters is 4. The van der Waals surface area contributed by atoms with E-state index in [1.165, 1.54) is 26.3 Å². The van der Waals surface area contributed by atoms with Gasteiger partial charge in [0, 0.05) is 12.3 Å². The minimum atomic E-state index is -1.49. The Morgan fingerprint density at radius 3 is 2.27 bits per heavy atom. The summed E-state index contributed by atoms with van der Waals surface area (Å²) in [6.45, 7) is 3.88. The highest BCUT2D eigenvalue weighted by atomic mass is 16.6. The highest BCUT2D eigenvalue weighted by Gasteiger charge is 2.42. The van der Waals surface area contributed by atoms with E-state index in [1.807, 2.05) is 48.5 Å². The highest BCUT2D eigenvalue weighted by molar-refractivity contribution is 5.99. The fourth-order valence-corrected chi connectivity index (χ4v) is 4.80. The summed E-state index contributed by atoms with van der Waals surface area (Å²) in [5.74, 6) is -5.91. The maximum Gasteiger partial charge on any atom is 0.337 e. The van der Waals surface area contributed by atoms with Crippen molar-refractivity contribution in [3.8, 4) is 11.5 Å². The number of carbonyl (C=O) groups excluding carboxylic acids is 5. The molecule has 13 nitrogen and oxygen atoms in total. The lowest BCUT2D eigenvalue weighted by Gasteiger charge is -2.29. The topological polar surface area (TPSA) is 166 Å². The van der Waals surface area contributed by atoms with E-state index in [0.29, 0.717) is 0 Å². The van der Waals surface area contributed by atoms with E-state index in [4.69, 9.17) is 28.4 Å². The first-order valence-electron chi connectivity index (χ1n) is 15.3. The lowest BCUT2D eigenvalue weighted by Crippen LogP contribution is -2.47. The third kappa shape index (κ3) is 9.61. The smallest absolute Gasteiger partial charge is 0.337 e. The average molecular weight is 663 g/mol. The van der Waals surface area contributed by atoms with Crippen molar-refractivity contribution in [1.82, 2.24) is 10.3 Å². The van der Waals surface area contributed by atoms with Gasteiger partial charge in [-0.2, -0.15) is 0 Å². The molecule has 1 fully saturated rings. The molecule has 4 rings (SSSR count). The second-order valence-corrected chi connectivity index (χ2v) is 11.3. The summed E-state index contributed by atoms with van der Waals surface area (Å²) >= 11 is 0. The van der Waals surface area contributed by atoms with Gasteiger partial charge in [-0.3, -0.25) is 14.4 Å². The molecule has 0 spiro atoms. The van der Waals surface area contributed by atoms with Gasteiger partial charge in [-0.25, -0.2) is 14.6 Å². The molecule has 2 heterocycles. The van der Waals surface area contributed by atoms with Gasteiger partial charge in [0.1, 0.15) is 25.2 Å². The van der Waals surface area contributed by atoms with Gasteiger partial charge in [-0.05, 0) is 24.5 Å². The van der Waals surface area contributed by atoms with E-state index in [0.717, 1.165) is 11.1 Å². The molecule has 2 unspecified atom stereocenters. The predicted octanol–water partition coefficient (Wildman–Crippen LogP) is 3.23. The summed E-state index contributed by atoms with van der Waals surface area (Å²) in [4.78, 5) is 69.7. The lowest BCUT2D eigenvalue weighted by molar-refractivity contribution is -0.176. The highest BCUT2D eigenvalue weighted by Crippen LogP contribution is 2.30. The largest absolute Gasteiger partial charge is 0.493 e. The molecular weight excluding hydrogens is 624 g/mol. The zero-order chi connectivity index (χ0) is 34.6. The molecule has 2 aromatic carbocycles. The van der Waals surface area contributed by atoms with Gasteiger partial charge >= 0.3 is 23.9 Å². The number of cyclic esters (lactones) is 2. The Morgan fingerprint density at radius 1 is 0.958 bits per heavy atom. The van der Waals surface area contributed by atoms with E-state index in [1.54, 1.807) is 26.0 Å². The molecule has 1 saturated heterocycles. The molecule has 0 aliphatic carbocycles. The maximum absolute atomic E-state index is 13.5. The summed E-state index contributed by atoms with van der Waals surface area (Å²) < 4.78 is 33.0. The summed E-state index contributed by atoms with van der Waals surface area (Å²) in [6.07, 6.45) is -0.892. The maximum atomic E-state index is 13.5. The number of ether oxygens (including phenoxy) is 6. The molecule has 48 heavy (non-hydrogen) atoms. The molecule has 1 aromatic heterocycles. The summed E-state index contributed by atoms with van der Waals surface area (Å²) in [6, 6.07) is 18.1. The minimum Gasteiger partial charge on any atom is -0.493 e. The number of hydrogen-bond acceptors (Lipinski definition) is 12.